The Labute approximate surface area is 135 Å². The van der Waals surface area contributed by atoms with Crippen molar-refractivity contribution in [2.45, 2.75) is 32.1 Å². The van der Waals surface area contributed by atoms with Gasteiger partial charge < -0.3 is 19.2 Å². The van der Waals surface area contributed by atoms with Gasteiger partial charge in [-0.05, 0) is 42.7 Å². The van der Waals surface area contributed by atoms with E-state index in [-0.39, 0.29) is 18.6 Å². The molecule has 0 spiro atoms. The van der Waals surface area contributed by atoms with Crippen molar-refractivity contribution < 1.29 is 19.1 Å². The van der Waals surface area contributed by atoms with Crippen LogP contribution in [-0.2, 0) is 18.0 Å². The Hall–Kier alpha value is -2.11. The first-order valence-corrected chi connectivity index (χ1v) is 7.81. The van der Waals surface area contributed by atoms with Crippen molar-refractivity contribution in [2.24, 2.45) is 0 Å². The molecule has 5 nitrogen and oxygen atoms in total. The van der Waals surface area contributed by atoms with Crippen LogP contribution in [-0.4, -0.2) is 29.6 Å². The molecule has 1 saturated heterocycles. The average molecular weight is 315 g/mol. The van der Waals surface area contributed by atoms with E-state index in [9.17, 15) is 9.90 Å². The lowest BCUT2D eigenvalue weighted by Crippen LogP contribution is -2.30. The van der Waals surface area contributed by atoms with E-state index >= 15 is 0 Å². The SMILES string of the molecule is COCc1ccc(C2CCCN2C(=O)c2cccc(CO)c2)o1. The number of hydrogen-bond donors (Lipinski definition) is 1. The Bertz CT molecular complexity index is 679. The summed E-state index contributed by atoms with van der Waals surface area (Å²) >= 11 is 0. The molecule has 1 fully saturated rings. The molecule has 2 heterocycles. The van der Waals surface area contributed by atoms with Gasteiger partial charge in [-0.25, -0.2) is 0 Å². The van der Waals surface area contributed by atoms with E-state index < -0.39 is 0 Å². The summed E-state index contributed by atoms with van der Waals surface area (Å²) < 4.78 is 10.9. The van der Waals surface area contributed by atoms with Crippen LogP contribution in [0.25, 0.3) is 0 Å². The predicted octanol–water partition coefficient (Wildman–Crippen LogP) is 2.90. The summed E-state index contributed by atoms with van der Waals surface area (Å²) in [4.78, 5) is 14.7. The average Bonchev–Trinajstić information content (AvgIpc) is 3.23. The normalized spacial score (nSPS) is 17.7. The molecule has 0 radical (unpaired) electrons. The van der Waals surface area contributed by atoms with Crippen molar-refractivity contribution in [1.29, 1.82) is 0 Å². The standard InChI is InChI=1S/C18H21NO4/c1-22-12-15-7-8-17(23-15)16-6-3-9-19(16)18(21)14-5-2-4-13(10-14)11-20/h2,4-5,7-8,10,16,20H,3,6,9,11-12H2,1H3. The molecule has 1 N–H and O–H groups in total. The third kappa shape index (κ3) is 3.30. The number of amides is 1. The Morgan fingerprint density at radius 1 is 1.39 bits per heavy atom. The molecule has 23 heavy (non-hydrogen) atoms. The topological polar surface area (TPSA) is 62.9 Å². The van der Waals surface area contributed by atoms with Crippen molar-refractivity contribution in [3.63, 3.8) is 0 Å². The van der Waals surface area contributed by atoms with Gasteiger partial charge in [0.1, 0.15) is 18.1 Å². The number of aliphatic hydroxyl groups is 1. The number of ether oxygens (including phenoxy) is 1. The largest absolute Gasteiger partial charge is 0.461 e. The second-order valence-corrected chi connectivity index (χ2v) is 5.75. The summed E-state index contributed by atoms with van der Waals surface area (Å²) in [5.74, 6) is 1.55. The van der Waals surface area contributed by atoms with Gasteiger partial charge in [0.2, 0.25) is 0 Å². The fourth-order valence-corrected chi connectivity index (χ4v) is 3.07. The molecule has 0 saturated carbocycles. The number of hydrogen-bond acceptors (Lipinski definition) is 4. The third-order valence-electron chi connectivity index (χ3n) is 4.17. The van der Waals surface area contributed by atoms with Gasteiger partial charge in [-0.2, -0.15) is 0 Å². The van der Waals surface area contributed by atoms with E-state index in [2.05, 4.69) is 0 Å². The number of benzene rings is 1. The van der Waals surface area contributed by atoms with E-state index in [4.69, 9.17) is 9.15 Å². The number of nitrogens with zero attached hydrogens (tertiary/aromatic N) is 1. The molecule has 1 aliphatic heterocycles. The molecular formula is C18H21NO4. The highest BCUT2D eigenvalue weighted by Crippen LogP contribution is 2.34. The fraction of sp³-hybridized carbons (Fsp3) is 0.389. The first-order chi connectivity index (χ1) is 11.2. The number of carbonyl (C=O) groups is 1. The third-order valence-corrected chi connectivity index (χ3v) is 4.17. The maximum Gasteiger partial charge on any atom is 0.254 e. The molecular weight excluding hydrogens is 294 g/mol. The maximum absolute atomic E-state index is 12.8. The van der Waals surface area contributed by atoms with Crippen molar-refractivity contribution in [1.82, 2.24) is 4.90 Å². The zero-order valence-corrected chi connectivity index (χ0v) is 13.2. The number of carbonyl (C=O) groups excluding carboxylic acids is 1. The second kappa shape index (κ2) is 6.98. The molecule has 0 bridgehead atoms. The van der Waals surface area contributed by atoms with Crippen molar-refractivity contribution in [3.8, 4) is 0 Å². The number of rotatable bonds is 5. The second-order valence-electron chi connectivity index (χ2n) is 5.75. The zero-order valence-electron chi connectivity index (χ0n) is 13.2. The lowest BCUT2D eigenvalue weighted by Gasteiger charge is -2.23. The van der Waals surface area contributed by atoms with Gasteiger partial charge in [-0.15, -0.1) is 0 Å². The van der Waals surface area contributed by atoms with Gasteiger partial charge >= 0.3 is 0 Å². The Kier molecular flexibility index (Phi) is 4.79. The molecule has 2 aromatic rings. The van der Waals surface area contributed by atoms with E-state index in [1.807, 2.05) is 23.1 Å². The number of likely N-dealkylation sites (tertiary alicyclic amines) is 1. The number of furan rings is 1. The smallest absolute Gasteiger partial charge is 0.254 e. The van der Waals surface area contributed by atoms with Crippen LogP contribution < -0.4 is 0 Å². The molecule has 0 aliphatic carbocycles. The van der Waals surface area contributed by atoms with E-state index in [0.717, 1.165) is 29.9 Å². The minimum Gasteiger partial charge on any atom is -0.461 e. The lowest BCUT2D eigenvalue weighted by molar-refractivity contribution is 0.0715. The number of methoxy groups -OCH3 is 1. The van der Waals surface area contributed by atoms with Crippen molar-refractivity contribution in [2.75, 3.05) is 13.7 Å². The van der Waals surface area contributed by atoms with Crippen LogP contribution in [0.4, 0.5) is 0 Å². The van der Waals surface area contributed by atoms with Gasteiger partial charge in [0.05, 0.1) is 12.6 Å². The Balaban J connectivity index is 1.81. The first kappa shape index (κ1) is 15.8. The van der Waals surface area contributed by atoms with E-state index in [1.54, 1.807) is 25.3 Å². The minimum absolute atomic E-state index is 0.0208. The monoisotopic (exact) mass is 315 g/mol. The van der Waals surface area contributed by atoms with Gasteiger partial charge in [-0.3, -0.25) is 4.79 Å². The molecule has 1 aliphatic rings. The highest BCUT2D eigenvalue weighted by molar-refractivity contribution is 5.94. The van der Waals surface area contributed by atoms with E-state index in [1.165, 1.54) is 0 Å². The van der Waals surface area contributed by atoms with Crippen LogP contribution in [0.1, 0.15) is 46.3 Å². The molecule has 1 aromatic carbocycles. The molecule has 1 amide bonds. The van der Waals surface area contributed by atoms with Crippen LogP contribution >= 0.6 is 0 Å². The van der Waals surface area contributed by atoms with Crippen molar-refractivity contribution >= 4 is 5.91 Å². The van der Waals surface area contributed by atoms with E-state index in [0.29, 0.717) is 18.7 Å². The molecule has 5 heteroatoms. The highest BCUT2D eigenvalue weighted by atomic mass is 16.5. The van der Waals surface area contributed by atoms with Crippen LogP contribution in [0.5, 0.6) is 0 Å². The van der Waals surface area contributed by atoms with Crippen LogP contribution in [0.2, 0.25) is 0 Å². The summed E-state index contributed by atoms with van der Waals surface area (Å²) in [5, 5.41) is 9.24. The zero-order chi connectivity index (χ0) is 16.2. The summed E-state index contributed by atoms with van der Waals surface area (Å²) in [6.07, 6.45) is 1.85. The molecule has 122 valence electrons. The lowest BCUT2D eigenvalue weighted by atomic mass is 10.1. The van der Waals surface area contributed by atoms with Crippen molar-refractivity contribution in [3.05, 3.63) is 59.0 Å². The van der Waals surface area contributed by atoms with Gasteiger partial charge in [0, 0.05) is 19.2 Å². The first-order valence-electron chi connectivity index (χ1n) is 7.81. The summed E-state index contributed by atoms with van der Waals surface area (Å²) in [6, 6.07) is 10.9. The summed E-state index contributed by atoms with van der Waals surface area (Å²) in [5.41, 5.74) is 1.35. The summed E-state index contributed by atoms with van der Waals surface area (Å²) in [7, 11) is 1.63. The van der Waals surface area contributed by atoms with Gasteiger partial charge in [-0.1, -0.05) is 12.1 Å². The fourth-order valence-electron chi connectivity index (χ4n) is 3.07. The molecule has 1 unspecified atom stereocenters. The van der Waals surface area contributed by atoms with Crippen LogP contribution in [0.3, 0.4) is 0 Å². The van der Waals surface area contributed by atoms with Crippen LogP contribution in [0.15, 0.2) is 40.8 Å². The maximum atomic E-state index is 12.8. The highest BCUT2D eigenvalue weighted by Gasteiger charge is 2.32. The quantitative estimate of drug-likeness (QED) is 0.921. The Morgan fingerprint density at radius 3 is 3.04 bits per heavy atom. The van der Waals surface area contributed by atoms with Crippen LogP contribution in [0, 0.1) is 0 Å². The molecule has 1 aromatic heterocycles. The molecule has 3 rings (SSSR count). The summed E-state index contributed by atoms with van der Waals surface area (Å²) in [6.45, 7) is 1.08. The number of aliphatic hydroxyl groups excluding tert-OH is 1. The molecule has 1 atom stereocenters. The minimum atomic E-state index is -0.0664. The van der Waals surface area contributed by atoms with Gasteiger partial charge in [0.25, 0.3) is 5.91 Å². The van der Waals surface area contributed by atoms with Gasteiger partial charge in [0.15, 0.2) is 0 Å². The predicted molar refractivity (Wildman–Crippen MR) is 84.8 cm³/mol. The Morgan fingerprint density at radius 2 is 2.26 bits per heavy atom.